The molecule has 0 spiro atoms. The fraction of sp³-hybridized carbons (Fsp3) is 0.600. The fourth-order valence-corrected chi connectivity index (χ4v) is 5.52. The van der Waals surface area contributed by atoms with Crippen LogP contribution in [-0.2, 0) is 19.6 Å². The number of hydrogen-bond acceptors (Lipinski definition) is 6. The van der Waals surface area contributed by atoms with Gasteiger partial charge in [-0.15, -0.1) is 0 Å². The van der Waals surface area contributed by atoms with E-state index in [4.69, 9.17) is 4.74 Å². The van der Waals surface area contributed by atoms with Gasteiger partial charge in [-0.2, -0.15) is 4.31 Å². The monoisotopic (exact) mass is 423 g/mol. The number of sulfonamides is 1. The van der Waals surface area contributed by atoms with Gasteiger partial charge in [0.05, 0.1) is 17.9 Å². The molecule has 2 aliphatic heterocycles. The SMILES string of the molecule is COC(=O)C1CCN(C(=O)c2ccc(C)c(S(=O)(=O)N3CCN(C)CC3)c2)CC1. The van der Waals surface area contributed by atoms with Crippen LogP contribution in [0.1, 0.15) is 28.8 Å². The lowest BCUT2D eigenvalue weighted by Gasteiger charge is -2.32. The molecular weight excluding hydrogens is 394 g/mol. The van der Waals surface area contributed by atoms with Crippen LogP contribution >= 0.6 is 0 Å². The molecule has 0 aromatic heterocycles. The number of carbonyl (C=O) groups excluding carboxylic acids is 2. The maximum Gasteiger partial charge on any atom is 0.308 e. The van der Waals surface area contributed by atoms with Gasteiger partial charge in [0.15, 0.2) is 0 Å². The van der Waals surface area contributed by atoms with E-state index in [0.717, 1.165) is 0 Å². The molecule has 2 fully saturated rings. The van der Waals surface area contributed by atoms with Crippen LogP contribution in [0.4, 0.5) is 0 Å². The molecule has 0 aliphatic carbocycles. The summed E-state index contributed by atoms with van der Waals surface area (Å²) in [4.78, 5) is 28.6. The summed E-state index contributed by atoms with van der Waals surface area (Å²) in [6, 6.07) is 4.86. The minimum absolute atomic E-state index is 0.185. The van der Waals surface area contributed by atoms with Crippen molar-refractivity contribution in [1.82, 2.24) is 14.1 Å². The molecule has 2 saturated heterocycles. The van der Waals surface area contributed by atoms with E-state index >= 15 is 0 Å². The summed E-state index contributed by atoms with van der Waals surface area (Å²) < 4.78 is 32.6. The van der Waals surface area contributed by atoms with Gasteiger partial charge in [-0.05, 0) is 44.5 Å². The normalized spacial score (nSPS) is 19.9. The second kappa shape index (κ2) is 8.81. The zero-order chi connectivity index (χ0) is 21.2. The summed E-state index contributed by atoms with van der Waals surface area (Å²) in [5.41, 5.74) is 0.990. The molecule has 2 aliphatic rings. The van der Waals surface area contributed by atoms with Crippen LogP contribution in [0.15, 0.2) is 23.1 Å². The number of methoxy groups -OCH3 is 1. The minimum atomic E-state index is -3.65. The highest BCUT2D eigenvalue weighted by molar-refractivity contribution is 7.89. The molecule has 0 saturated carbocycles. The fourth-order valence-electron chi connectivity index (χ4n) is 3.85. The van der Waals surface area contributed by atoms with Crippen molar-refractivity contribution in [2.45, 2.75) is 24.7 Å². The predicted octanol–water partition coefficient (Wildman–Crippen LogP) is 0.956. The Kier molecular flexibility index (Phi) is 6.60. The first-order valence-electron chi connectivity index (χ1n) is 9.90. The molecule has 29 heavy (non-hydrogen) atoms. The van der Waals surface area contributed by atoms with Crippen LogP contribution in [0.3, 0.4) is 0 Å². The number of carbonyl (C=O) groups is 2. The van der Waals surface area contributed by atoms with Gasteiger partial charge in [0.1, 0.15) is 0 Å². The number of nitrogens with zero attached hydrogens (tertiary/aromatic N) is 3. The molecule has 160 valence electrons. The number of esters is 1. The van der Waals surface area contributed by atoms with Crippen LogP contribution in [0, 0.1) is 12.8 Å². The molecule has 3 rings (SSSR count). The highest BCUT2D eigenvalue weighted by Gasteiger charge is 2.31. The number of likely N-dealkylation sites (N-methyl/N-ethyl adjacent to an activating group) is 1. The van der Waals surface area contributed by atoms with Gasteiger partial charge >= 0.3 is 5.97 Å². The molecule has 0 bridgehead atoms. The average molecular weight is 424 g/mol. The van der Waals surface area contributed by atoms with Crippen molar-refractivity contribution >= 4 is 21.9 Å². The maximum absolute atomic E-state index is 13.1. The standard InChI is InChI=1S/C20H29N3O5S/c1-15-4-5-17(19(24)22-8-6-16(7-9-22)20(25)28-3)14-18(15)29(26,27)23-12-10-21(2)11-13-23/h4-5,14,16H,6-13H2,1-3H3. The molecule has 1 aromatic carbocycles. The average Bonchev–Trinajstić information content (AvgIpc) is 2.73. The lowest BCUT2D eigenvalue weighted by Crippen LogP contribution is -2.47. The van der Waals surface area contributed by atoms with E-state index in [9.17, 15) is 18.0 Å². The highest BCUT2D eigenvalue weighted by atomic mass is 32.2. The lowest BCUT2D eigenvalue weighted by molar-refractivity contribution is -0.146. The molecule has 0 unspecified atom stereocenters. The van der Waals surface area contributed by atoms with E-state index in [1.54, 1.807) is 24.0 Å². The second-order valence-corrected chi connectivity index (χ2v) is 9.68. The summed E-state index contributed by atoms with van der Waals surface area (Å²) in [5.74, 6) is -0.633. The Morgan fingerprint density at radius 3 is 2.24 bits per heavy atom. The number of benzene rings is 1. The first-order valence-corrected chi connectivity index (χ1v) is 11.3. The summed E-state index contributed by atoms with van der Waals surface area (Å²) in [6.07, 6.45) is 1.10. The number of aryl methyl sites for hydroxylation is 1. The van der Waals surface area contributed by atoms with Gasteiger partial charge in [0, 0.05) is 44.8 Å². The van der Waals surface area contributed by atoms with Crippen LogP contribution in [0.25, 0.3) is 0 Å². The summed E-state index contributed by atoms with van der Waals surface area (Å²) in [6.45, 7) is 4.91. The second-order valence-electron chi connectivity index (χ2n) is 7.78. The number of piperazine rings is 1. The third kappa shape index (κ3) is 4.62. The first kappa shape index (κ1) is 21.7. The van der Waals surface area contributed by atoms with Crippen LogP contribution in [0.5, 0.6) is 0 Å². The molecular formula is C20H29N3O5S. The third-order valence-corrected chi connectivity index (χ3v) is 7.87. The number of piperidine rings is 1. The largest absolute Gasteiger partial charge is 0.469 e. The quantitative estimate of drug-likeness (QED) is 0.671. The van der Waals surface area contributed by atoms with Gasteiger partial charge in [-0.1, -0.05) is 6.07 Å². The Hall–Kier alpha value is -1.97. The van der Waals surface area contributed by atoms with Crippen molar-refractivity contribution in [3.63, 3.8) is 0 Å². The number of rotatable bonds is 4. The van der Waals surface area contributed by atoms with E-state index in [1.165, 1.54) is 17.5 Å². The molecule has 8 nitrogen and oxygen atoms in total. The van der Waals surface area contributed by atoms with E-state index in [1.807, 2.05) is 7.05 Å². The van der Waals surface area contributed by atoms with Gasteiger partial charge < -0.3 is 14.5 Å². The lowest BCUT2D eigenvalue weighted by atomic mass is 9.96. The molecule has 0 atom stereocenters. The highest BCUT2D eigenvalue weighted by Crippen LogP contribution is 2.25. The zero-order valence-corrected chi connectivity index (χ0v) is 18.1. The molecule has 1 aromatic rings. The Morgan fingerprint density at radius 2 is 1.66 bits per heavy atom. The summed E-state index contributed by atoms with van der Waals surface area (Å²) in [5, 5.41) is 0. The van der Waals surface area contributed by atoms with Crippen LogP contribution in [0.2, 0.25) is 0 Å². The van der Waals surface area contributed by atoms with Crippen LogP contribution < -0.4 is 0 Å². The third-order valence-electron chi connectivity index (χ3n) is 5.83. The van der Waals surface area contributed by atoms with Gasteiger partial charge in [0.2, 0.25) is 10.0 Å². The van der Waals surface area contributed by atoms with E-state index < -0.39 is 10.0 Å². The molecule has 9 heteroatoms. The maximum atomic E-state index is 13.1. The predicted molar refractivity (Wildman–Crippen MR) is 108 cm³/mol. The van der Waals surface area contributed by atoms with Crippen molar-refractivity contribution in [3.8, 4) is 0 Å². The summed E-state index contributed by atoms with van der Waals surface area (Å²) >= 11 is 0. The minimum Gasteiger partial charge on any atom is -0.469 e. The number of ether oxygens (including phenoxy) is 1. The van der Waals surface area contributed by atoms with Crippen molar-refractivity contribution in [2.75, 3.05) is 53.4 Å². The van der Waals surface area contributed by atoms with E-state index in [2.05, 4.69) is 4.90 Å². The van der Waals surface area contributed by atoms with Crippen molar-refractivity contribution < 1.29 is 22.7 Å². The summed E-state index contributed by atoms with van der Waals surface area (Å²) in [7, 11) is -0.312. The Labute approximate surface area is 172 Å². The number of likely N-dealkylation sites (tertiary alicyclic amines) is 1. The smallest absolute Gasteiger partial charge is 0.308 e. The Bertz CT molecular complexity index is 870. The number of amides is 1. The van der Waals surface area contributed by atoms with Gasteiger partial charge in [0.25, 0.3) is 5.91 Å². The van der Waals surface area contributed by atoms with E-state index in [0.29, 0.717) is 63.2 Å². The Morgan fingerprint density at radius 1 is 1.03 bits per heavy atom. The van der Waals surface area contributed by atoms with Crippen molar-refractivity contribution in [1.29, 1.82) is 0 Å². The van der Waals surface area contributed by atoms with Crippen LogP contribution in [-0.4, -0.2) is 87.8 Å². The molecule has 0 radical (unpaired) electrons. The Balaban J connectivity index is 1.77. The molecule has 0 N–H and O–H groups in total. The van der Waals surface area contributed by atoms with Crippen molar-refractivity contribution in [2.24, 2.45) is 5.92 Å². The van der Waals surface area contributed by atoms with Crippen molar-refractivity contribution in [3.05, 3.63) is 29.3 Å². The first-order chi connectivity index (χ1) is 13.7. The van der Waals surface area contributed by atoms with Gasteiger partial charge in [-0.25, -0.2) is 8.42 Å². The van der Waals surface area contributed by atoms with Gasteiger partial charge in [-0.3, -0.25) is 9.59 Å². The number of hydrogen-bond donors (Lipinski definition) is 0. The molecule has 2 heterocycles. The van der Waals surface area contributed by atoms with E-state index in [-0.39, 0.29) is 22.7 Å². The molecule has 1 amide bonds. The zero-order valence-electron chi connectivity index (χ0n) is 17.3. The topological polar surface area (TPSA) is 87.2 Å².